The molecule has 6 nitrogen and oxygen atoms in total. The third-order valence-electron chi connectivity index (χ3n) is 6.04. The predicted molar refractivity (Wildman–Crippen MR) is 130 cm³/mol. The number of amides is 1. The van der Waals surface area contributed by atoms with Crippen molar-refractivity contribution in [2.45, 2.75) is 33.8 Å². The largest absolute Gasteiger partial charge is 0.367 e. The molecular weight excluding hydrogens is 412 g/mol. The number of carbonyl (C=O) groups excluding carboxylic acids is 1. The van der Waals surface area contributed by atoms with E-state index in [0.29, 0.717) is 19.7 Å². The molecule has 2 aromatic carbocycles. The summed E-state index contributed by atoms with van der Waals surface area (Å²) in [4.78, 5) is 26.3. The van der Waals surface area contributed by atoms with Crippen LogP contribution < -0.4 is 4.90 Å². The number of hydrogen-bond acceptors (Lipinski definition) is 5. The molecular formula is C27H32N4O2. The molecule has 33 heavy (non-hydrogen) atoms. The Kier molecular flexibility index (Phi) is 7.35. The molecule has 3 aromatic rings. The average Bonchev–Trinajstić information content (AvgIpc) is 2.81. The normalized spacial score (nSPS) is 13.9. The van der Waals surface area contributed by atoms with Crippen molar-refractivity contribution >= 4 is 11.7 Å². The lowest BCUT2D eigenvalue weighted by atomic mass is 10.0. The monoisotopic (exact) mass is 444 g/mol. The Morgan fingerprint density at radius 1 is 0.909 bits per heavy atom. The van der Waals surface area contributed by atoms with Crippen molar-refractivity contribution in [1.82, 2.24) is 14.9 Å². The number of anilines is 1. The van der Waals surface area contributed by atoms with Gasteiger partial charge in [-0.05, 0) is 31.9 Å². The fraction of sp³-hybridized carbons (Fsp3) is 0.370. The first-order valence-corrected chi connectivity index (χ1v) is 11.5. The molecule has 0 aliphatic carbocycles. The Labute approximate surface area is 196 Å². The smallest absolute Gasteiger partial charge is 0.248 e. The Bertz CT molecular complexity index is 1090. The molecule has 1 fully saturated rings. The number of rotatable bonds is 7. The minimum absolute atomic E-state index is 0.0422. The molecule has 1 aromatic heterocycles. The lowest BCUT2D eigenvalue weighted by Crippen LogP contribution is -2.50. The molecule has 0 atom stereocenters. The maximum absolute atomic E-state index is 12.6. The van der Waals surface area contributed by atoms with Crippen LogP contribution in [-0.2, 0) is 22.6 Å². The molecule has 6 heteroatoms. The summed E-state index contributed by atoms with van der Waals surface area (Å²) in [5.74, 6) is 1.82. The van der Waals surface area contributed by atoms with Gasteiger partial charge >= 0.3 is 0 Å². The van der Waals surface area contributed by atoms with Crippen LogP contribution in [0.15, 0.2) is 54.6 Å². The summed E-state index contributed by atoms with van der Waals surface area (Å²) in [6, 6.07) is 18.5. The van der Waals surface area contributed by atoms with Crippen LogP contribution in [0.1, 0.15) is 33.8 Å². The lowest BCUT2D eigenvalue weighted by molar-refractivity contribution is -0.136. The summed E-state index contributed by atoms with van der Waals surface area (Å²) < 4.78 is 5.65. The number of hydrogen-bond donors (Lipinski definition) is 0. The molecule has 4 rings (SSSR count). The van der Waals surface area contributed by atoms with E-state index in [0.717, 1.165) is 48.0 Å². The second kappa shape index (κ2) is 10.6. The summed E-state index contributed by atoms with van der Waals surface area (Å²) in [6.07, 6.45) is 0.801. The molecule has 2 heterocycles. The molecule has 0 bridgehead atoms. The topological polar surface area (TPSA) is 58.6 Å². The van der Waals surface area contributed by atoms with E-state index in [1.807, 2.05) is 42.2 Å². The highest BCUT2D eigenvalue weighted by Crippen LogP contribution is 2.25. The molecule has 1 saturated heterocycles. The van der Waals surface area contributed by atoms with Gasteiger partial charge in [-0.15, -0.1) is 0 Å². The van der Waals surface area contributed by atoms with Crippen LogP contribution >= 0.6 is 0 Å². The van der Waals surface area contributed by atoms with Gasteiger partial charge in [0.25, 0.3) is 0 Å². The number of carbonyl (C=O) groups is 1. The minimum atomic E-state index is 0.0422. The Morgan fingerprint density at radius 3 is 2.36 bits per heavy atom. The molecule has 1 amide bonds. The third kappa shape index (κ3) is 5.96. The van der Waals surface area contributed by atoms with Crippen LogP contribution in [0.2, 0.25) is 0 Å². The van der Waals surface area contributed by atoms with Gasteiger partial charge in [-0.1, -0.05) is 60.2 Å². The van der Waals surface area contributed by atoms with Crippen LogP contribution in [0.5, 0.6) is 0 Å². The van der Waals surface area contributed by atoms with Crippen LogP contribution in [-0.4, -0.2) is 53.6 Å². The van der Waals surface area contributed by atoms with Crippen LogP contribution in [0.4, 0.5) is 5.82 Å². The molecule has 1 aliphatic rings. The second-order valence-electron chi connectivity index (χ2n) is 8.67. The zero-order valence-corrected chi connectivity index (χ0v) is 19.8. The fourth-order valence-electron chi connectivity index (χ4n) is 4.30. The number of nitrogens with zero attached hydrogens (tertiary/aromatic N) is 4. The van der Waals surface area contributed by atoms with E-state index in [-0.39, 0.29) is 12.5 Å². The van der Waals surface area contributed by atoms with Crippen molar-refractivity contribution in [1.29, 1.82) is 0 Å². The predicted octanol–water partition coefficient (Wildman–Crippen LogP) is 3.86. The van der Waals surface area contributed by atoms with Gasteiger partial charge in [0, 0.05) is 43.9 Å². The van der Waals surface area contributed by atoms with Gasteiger partial charge in [0.2, 0.25) is 5.91 Å². The third-order valence-corrected chi connectivity index (χ3v) is 6.04. The Balaban J connectivity index is 1.38. The van der Waals surface area contributed by atoms with E-state index in [2.05, 4.69) is 48.0 Å². The molecule has 0 spiro atoms. The van der Waals surface area contributed by atoms with Gasteiger partial charge in [-0.2, -0.15) is 0 Å². The number of benzene rings is 2. The van der Waals surface area contributed by atoms with E-state index >= 15 is 0 Å². The highest BCUT2D eigenvalue weighted by Gasteiger charge is 2.24. The summed E-state index contributed by atoms with van der Waals surface area (Å²) in [5, 5.41) is 0. The Morgan fingerprint density at radius 2 is 1.64 bits per heavy atom. The minimum Gasteiger partial charge on any atom is -0.367 e. The van der Waals surface area contributed by atoms with Gasteiger partial charge < -0.3 is 14.5 Å². The Hall–Kier alpha value is -3.25. The molecule has 0 saturated carbocycles. The summed E-state index contributed by atoms with van der Waals surface area (Å²) in [7, 11) is 0. The van der Waals surface area contributed by atoms with Gasteiger partial charge in [-0.3, -0.25) is 4.79 Å². The van der Waals surface area contributed by atoms with Crippen molar-refractivity contribution in [3.8, 4) is 0 Å². The molecule has 1 aliphatic heterocycles. The van der Waals surface area contributed by atoms with Crippen LogP contribution in [0, 0.1) is 20.8 Å². The van der Waals surface area contributed by atoms with E-state index in [9.17, 15) is 4.79 Å². The first-order chi connectivity index (χ1) is 16.0. The first kappa shape index (κ1) is 22.9. The van der Waals surface area contributed by atoms with Crippen molar-refractivity contribution in [2.75, 3.05) is 37.7 Å². The van der Waals surface area contributed by atoms with E-state index < -0.39 is 0 Å². The molecule has 0 unspecified atom stereocenters. The number of piperazine rings is 1. The maximum atomic E-state index is 12.6. The highest BCUT2D eigenvalue weighted by atomic mass is 16.5. The molecule has 172 valence electrons. The average molecular weight is 445 g/mol. The van der Waals surface area contributed by atoms with Crippen molar-refractivity contribution in [2.24, 2.45) is 0 Å². The standard InChI is InChI=1S/C27H32N4O2/c1-20-8-7-11-24(16-20)17-25-21(2)28-22(3)29-27(25)31-14-12-30(13-15-31)26(32)19-33-18-23-9-5-4-6-10-23/h4-11,16H,12-15,17-19H2,1-3H3. The fourth-order valence-corrected chi connectivity index (χ4v) is 4.30. The van der Waals surface area contributed by atoms with Gasteiger partial charge in [0.1, 0.15) is 18.2 Å². The van der Waals surface area contributed by atoms with E-state index in [4.69, 9.17) is 9.72 Å². The first-order valence-electron chi connectivity index (χ1n) is 11.5. The molecule has 0 N–H and O–H groups in total. The van der Waals surface area contributed by atoms with Crippen molar-refractivity contribution < 1.29 is 9.53 Å². The lowest BCUT2D eigenvalue weighted by Gasteiger charge is -2.36. The maximum Gasteiger partial charge on any atom is 0.248 e. The van der Waals surface area contributed by atoms with Crippen molar-refractivity contribution in [3.05, 3.63) is 88.4 Å². The van der Waals surface area contributed by atoms with E-state index in [1.165, 1.54) is 11.1 Å². The number of ether oxygens (including phenoxy) is 1. The van der Waals surface area contributed by atoms with Crippen LogP contribution in [0.3, 0.4) is 0 Å². The van der Waals surface area contributed by atoms with Crippen molar-refractivity contribution in [3.63, 3.8) is 0 Å². The highest BCUT2D eigenvalue weighted by molar-refractivity contribution is 5.77. The van der Waals surface area contributed by atoms with Gasteiger partial charge in [0.05, 0.1) is 6.61 Å². The van der Waals surface area contributed by atoms with Crippen LogP contribution in [0.25, 0.3) is 0 Å². The quantitative estimate of drug-likeness (QED) is 0.554. The number of aromatic nitrogens is 2. The zero-order valence-electron chi connectivity index (χ0n) is 19.8. The summed E-state index contributed by atoms with van der Waals surface area (Å²) in [6.45, 7) is 9.52. The zero-order chi connectivity index (χ0) is 23.2. The second-order valence-corrected chi connectivity index (χ2v) is 8.67. The molecule has 0 radical (unpaired) electrons. The van der Waals surface area contributed by atoms with E-state index in [1.54, 1.807) is 0 Å². The number of aryl methyl sites for hydroxylation is 3. The summed E-state index contributed by atoms with van der Waals surface area (Å²) >= 11 is 0. The van der Waals surface area contributed by atoms with Gasteiger partial charge in [-0.25, -0.2) is 9.97 Å². The summed E-state index contributed by atoms with van der Waals surface area (Å²) in [5.41, 5.74) is 5.77. The SMILES string of the molecule is Cc1cccc(Cc2c(C)nc(C)nc2N2CCN(C(=O)COCc3ccccc3)CC2)c1. The van der Waals surface area contributed by atoms with Gasteiger partial charge in [0.15, 0.2) is 0 Å².